The smallest absolute Gasteiger partial charge is 0.185 e. The van der Waals surface area contributed by atoms with E-state index in [-0.39, 0.29) is 0 Å². The molecule has 6 nitrogen and oxygen atoms in total. The topological polar surface area (TPSA) is 45.9 Å². The van der Waals surface area contributed by atoms with Gasteiger partial charge in [-0.3, -0.25) is 4.90 Å². The van der Waals surface area contributed by atoms with Gasteiger partial charge >= 0.3 is 0 Å². The van der Waals surface area contributed by atoms with Gasteiger partial charge in [0, 0.05) is 43.4 Å². The molecule has 0 aromatic carbocycles. The van der Waals surface area contributed by atoms with E-state index in [2.05, 4.69) is 50.4 Å². The van der Waals surface area contributed by atoms with Gasteiger partial charge in [-0.1, -0.05) is 6.07 Å². The van der Waals surface area contributed by atoms with Crippen LogP contribution in [0, 0.1) is 6.92 Å². The van der Waals surface area contributed by atoms with Gasteiger partial charge in [-0.2, -0.15) is 0 Å². The predicted molar refractivity (Wildman–Crippen MR) is 100 cm³/mol. The summed E-state index contributed by atoms with van der Waals surface area (Å²) >= 11 is 1.78. The molecule has 7 heteroatoms. The molecule has 0 bridgehead atoms. The zero-order valence-electron chi connectivity index (χ0n) is 14.7. The summed E-state index contributed by atoms with van der Waals surface area (Å²) in [5.74, 6) is 0. The fourth-order valence-corrected chi connectivity index (χ4v) is 4.25. The largest absolute Gasteiger partial charge is 0.378 e. The average Bonchev–Trinajstić information content (AvgIpc) is 3.21. The molecule has 1 saturated heterocycles. The Morgan fingerprint density at radius 3 is 2.92 bits per heavy atom. The molecule has 0 atom stereocenters. The Labute approximate surface area is 151 Å². The zero-order chi connectivity index (χ0) is 17.2. The lowest BCUT2D eigenvalue weighted by Crippen LogP contribution is -2.36. The van der Waals surface area contributed by atoms with Crippen molar-refractivity contribution < 1.29 is 4.74 Å². The van der Waals surface area contributed by atoms with Crippen LogP contribution in [0.2, 0.25) is 0 Å². The van der Waals surface area contributed by atoms with Crippen molar-refractivity contribution in [3.63, 3.8) is 0 Å². The fraction of sp³-hybridized carbons (Fsp3) is 0.444. The van der Waals surface area contributed by atoms with Crippen molar-refractivity contribution in [1.82, 2.24) is 19.3 Å². The second kappa shape index (κ2) is 7.11. The van der Waals surface area contributed by atoms with E-state index in [9.17, 15) is 0 Å². The SMILES string of the molecule is Cc1nc2ccccn2c1CN(C)Cc1cnc(N2CCOCC2)s1. The van der Waals surface area contributed by atoms with Gasteiger partial charge in [0.05, 0.1) is 24.6 Å². The van der Waals surface area contributed by atoms with E-state index in [1.165, 1.54) is 10.6 Å². The summed E-state index contributed by atoms with van der Waals surface area (Å²) < 4.78 is 7.59. The minimum Gasteiger partial charge on any atom is -0.378 e. The van der Waals surface area contributed by atoms with Crippen molar-refractivity contribution in [2.24, 2.45) is 0 Å². The minimum atomic E-state index is 0.794. The predicted octanol–water partition coefficient (Wildman–Crippen LogP) is 2.57. The minimum absolute atomic E-state index is 0.794. The number of pyridine rings is 1. The average molecular weight is 357 g/mol. The summed E-state index contributed by atoms with van der Waals surface area (Å²) in [7, 11) is 2.15. The number of nitrogens with zero attached hydrogens (tertiary/aromatic N) is 5. The first kappa shape index (κ1) is 16.5. The molecule has 1 aliphatic heterocycles. The van der Waals surface area contributed by atoms with Gasteiger partial charge in [0.25, 0.3) is 0 Å². The van der Waals surface area contributed by atoms with Crippen LogP contribution >= 0.6 is 11.3 Å². The Kier molecular flexibility index (Phi) is 4.70. The maximum Gasteiger partial charge on any atom is 0.185 e. The molecule has 1 fully saturated rings. The number of fused-ring (bicyclic) bond motifs is 1. The van der Waals surface area contributed by atoms with E-state index in [1.807, 2.05) is 18.3 Å². The number of imidazole rings is 1. The molecule has 4 rings (SSSR count). The molecule has 25 heavy (non-hydrogen) atoms. The van der Waals surface area contributed by atoms with Crippen LogP contribution in [0.15, 0.2) is 30.6 Å². The Balaban J connectivity index is 1.44. The highest BCUT2D eigenvalue weighted by Crippen LogP contribution is 2.24. The molecular formula is C18H23N5OS. The number of aromatic nitrogens is 3. The van der Waals surface area contributed by atoms with Gasteiger partial charge in [0.15, 0.2) is 5.13 Å². The second-order valence-corrected chi connectivity index (χ2v) is 7.55. The maximum absolute atomic E-state index is 5.42. The Hall–Kier alpha value is -1.96. The van der Waals surface area contributed by atoms with Gasteiger partial charge in [-0.05, 0) is 26.1 Å². The van der Waals surface area contributed by atoms with Crippen molar-refractivity contribution in [2.75, 3.05) is 38.3 Å². The molecule has 0 N–H and O–H groups in total. The molecule has 0 saturated carbocycles. The van der Waals surface area contributed by atoms with Crippen molar-refractivity contribution in [3.8, 4) is 0 Å². The number of anilines is 1. The summed E-state index contributed by atoms with van der Waals surface area (Å²) in [4.78, 5) is 15.2. The monoisotopic (exact) mass is 357 g/mol. The highest BCUT2D eigenvalue weighted by Gasteiger charge is 2.16. The number of morpholine rings is 1. The quantitative estimate of drug-likeness (QED) is 0.702. The first-order chi connectivity index (χ1) is 12.2. The molecule has 132 valence electrons. The Morgan fingerprint density at radius 2 is 2.08 bits per heavy atom. The van der Waals surface area contributed by atoms with Gasteiger partial charge in [0.1, 0.15) is 5.65 Å². The molecule has 0 aliphatic carbocycles. The Bertz CT molecular complexity index is 852. The van der Waals surface area contributed by atoms with Crippen molar-refractivity contribution >= 4 is 22.1 Å². The summed E-state index contributed by atoms with van der Waals surface area (Å²) in [5, 5.41) is 1.11. The number of hydrogen-bond donors (Lipinski definition) is 0. The summed E-state index contributed by atoms with van der Waals surface area (Å²) in [6, 6.07) is 6.13. The lowest BCUT2D eigenvalue weighted by molar-refractivity contribution is 0.122. The third-order valence-corrected chi connectivity index (χ3v) is 5.54. The van der Waals surface area contributed by atoms with Crippen molar-refractivity contribution in [3.05, 3.63) is 46.9 Å². The first-order valence-electron chi connectivity index (χ1n) is 8.59. The number of thiazole rings is 1. The number of rotatable bonds is 5. The summed E-state index contributed by atoms with van der Waals surface area (Å²) in [6.07, 6.45) is 4.09. The normalized spacial score (nSPS) is 15.4. The van der Waals surface area contributed by atoms with Gasteiger partial charge in [0.2, 0.25) is 0 Å². The zero-order valence-corrected chi connectivity index (χ0v) is 15.5. The molecule has 0 amide bonds. The molecule has 1 aliphatic rings. The molecule has 0 unspecified atom stereocenters. The van der Waals surface area contributed by atoms with Gasteiger partial charge in [-0.25, -0.2) is 9.97 Å². The van der Waals surface area contributed by atoms with Crippen LogP contribution in [0.1, 0.15) is 16.3 Å². The first-order valence-corrected chi connectivity index (χ1v) is 9.41. The molecule has 0 spiro atoms. The van der Waals surface area contributed by atoms with Crippen LogP contribution in [-0.4, -0.2) is 52.6 Å². The standard InChI is InChI=1S/C18H23N5OS/c1-14-16(23-6-4-3-5-17(23)20-14)13-21(2)12-15-11-19-18(25-15)22-7-9-24-10-8-22/h3-6,11H,7-10,12-13H2,1-2H3. The van der Waals surface area contributed by atoms with Crippen LogP contribution in [-0.2, 0) is 17.8 Å². The third kappa shape index (κ3) is 3.53. The second-order valence-electron chi connectivity index (χ2n) is 6.45. The van der Waals surface area contributed by atoms with E-state index < -0.39 is 0 Å². The number of hydrogen-bond acceptors (Lipinski definition) is 6. The lowest BCUT2D eigenvalue weighted by atomic mass is 10.3. The van der Waals surface area contributed by atoms with Gasteiger partial charge < -0.3 is 14.0 Å². The maximum atomic E-state index is 5.42. The highest BCUT2D eigenvalue weighted by atomic mass is 32.1. The lowest BCUT2D eigenvalue weighted by Gasteiger charge is -2.26. The highest BCUT2D eigenvalue weighted by molar-refractivity contribution is 7.15. The van der Waals surface area contributed by atoms with E-state index in [1.54, 1.807) is 11.3 Å². The van der Waals surface area contributed by atoms with E-state index >= 15 is 0 Å². The van der Waals surface area contributed by atoms with Crippen LogP contribution in [0.5, 0.6) is 0 Å². The van der Waals surface area contributed by atoms with Crippen LogP contribution in [0.4, 0.5) is 5.13 Å². The van der Waals surface area contributed by atoms with E-state index in [4.69, 9.17) is 4.74 Å². The third-order valence-electron chi connectivity index (χ3n) is 4.50. The molecule has 0 radical (unpaired) electrons. The number of ether oxygens (including phenoxy) is 1. The number of aryl methyl sites for hydroxylation is 1. The van der Waals surface area contributed by atoms with E-state index in [0.717, 1.165) is 55.9 Å². The van der Waals surface area contributed by atoms with Crippen LogP contribution < -0.4 is 4.90 Å². The molecule has 3 aromatic heterocycles. The molecule has 3 aromatic rings. The summed E-state index contributed by atoms with van der Waals surface area (Å²) in [6.45, 7) is 7.29. The van der Waals surface area contributed by atoms with Crippen molar-refractivity contribution in [1.29, 1.82) is 0 Å². The molecule has 4 heterocycles. The van der Waals surface area contributed by atoms with E-state index in [0.29, 0.717) is 0 Å². The van der Waals surface area contributed by atoms with Crippen LogP contribution in [0.25, 0.3) is 5.65 Å². The van der Waals surface area contributed by atoms with Crippen molar-refractivity contribution in [2.45, 2.75) is 20.0 Å². The van der Waals surface area contributed by atoms with Gasteiger partial charge in [-0.15, -0.1) is 11.3 Å². The van der Waals surface area contributed by atoms with Crippen LogP contribution in [0.3, 0.4) is 0 Å². The molecular weight excluding hydrogens is 334 g/mol. The fourth-order valence-electron chi connectivity index (χ4n) is 3.20. The Morgan fingerprint density at radius 1 is 1.24 bits per heavy atom. The summed E-state index contributed by atoms with van der Waals surface area (Å²) in [5.41, 5.74) is 3.35.